The molecule has 0 aliphatic carbocycles. The monoisotopic (exact) mass is 377 g/mol. The van der Waals surface area contributed by atoms with Crippen LogP contribution in [0, 0.1) is 5.92 Å². The van der Waals surface area contributed by atoms with Crippen LogP contribution in [0.2, 0.25) is 0 Å². The fourth-order valence-corrected chi connectivity index (χ4v) is 3.22. The van der Waals surface area contributed by atoms with Gasteiger partial charge in [-0.2, -0.15) is 0 Å². The van der Waals surface area contributed by atoms with Gasteiger partial charge in [0, 0.05) is 5.92 Å². The highest BCUT2D eigenvalue weighted by Gasteiger charge is 2.48. The van der Waals surface area contributed by atoms with Crippen molar-refractivity contribution in [2.75, 3.05) is 13.9 Å². The molecule has 0 aromatic heterocycles. The molecular formula is C19H23NO7. The number of esters is 1. The van der Waals surface area contributed by atoms with Crippen LogP contribution >= 0.6 is 0 Å². The molecule has 1 unspecified atom stereocenters. The maximum Gasteiger partial charge on any atom is 0.417 e. The van der Waals surface area contributed by atoms with Gasteiger partial charge < -0.3 is 18.9 Å². The lowest BCUT2D eigenvalue weighted by Gasteiger charge is -2.26. The number of carbonyl (C=O) groups excluding carboxylic acids is 3. The van der Waals surface area contributed by atoms with Crippen molar-refractivity contribution in [3.05, 3.63) is 23.8 Å². The molecule has 8 nitrogen and oxygen atoms in total. The van der Waals surface area contributed by atoms with Gasteiger partial charge in [0.15, 0.2) is 11.5 Å². The van der Waals surface area contributed by atoms with E-state index in [1.807, 2.05) is 6.07 Å². The van der Waals surface area contributed by atoms with Crippen molar-refractivity contribution < 1.29 is 33.3 Å². The molecule has 2 amide bonds. The van der Waals surface area contributed by atoms with Crippen LogP contribution in [0.4, 0.5) is 4.79 Å². The molecule has 0 saturated carbocycles. The number of methoxy groups -OCH3 is 1. The van der Waals surface area contributed by atoms with E-state index in [0.29, 0.717) is 17.9 Å². The van der Waals surface area contributed by atoms with Crippen LogP contribution in [-0.4, -0.2) is 48.4 Å². The van der Waals surface area contributed by atoms with E-state index < -0.39 is 35.5 Å². The second-order valence-electron chi connectivity index (χ2n) is 7.55. The first-order valence-electron chi connectivity index (χ1n) is 8.72. The van der Waals surface area contributed by atoms with Gasteiger partial charge in [0.05, 0.1) is 7.11 Å². The van der Waals surface area contributed by atoms with Crippen LogP contribution in [0.15, 0.2) is 18.2 Å². The topological polar surface area (TPSA) is 91.4 Å². The predicted molar refractivity (Wildman–Crippen MR) is 93.3 cm³/mol. The molecule has 0 radical (unpaired) electrons. The summed E-state index contributed by atoms with van der Waals surface area (Å²) in [5, 5.41) is 0. The predicted octanol–water partition coefficient (Wildman–Crippen LogP) is 2.28. The van der Waals surface area contributed by atoms with Crippen molar-refractivity contribution in [1.29, 1.82) is 0 Å². The molecule has 2 heterocycles. The van der Waals surface area contributed by atoms with Crippen molar-refractivity contribution in [2.45, 2.75) is 45.3 Å². The number of carbonyl (C=O) groups is 3. The van der Waals surface area contributed by atoms with Crippen LogP contribution in [-0.2, 0) is 25.5 Å². The highest BCUT2D eigenvalue weighted by molar-refractivity contribution is 6.00. The Kier molecular flexibility index (Phi) is 4.99. The number of hydrogen-bond acceptors (Lipinski definition) is 7. The molecule has 0 N–H and O–H groups in total. The maximum atomic E-state index is 12.9. The molecular weight excluding hydrogens is 354 g/mol. The Labute approximate surface area is 157 Å². The average Bonchev–Trinajstić information content (AvgIpc) is 3.17. The third-order valence-corrected chi connectivity index (χ3v) is 4.39. The minimum absolute atomic E-state index is 0.165. The van der Waals surface area contributed by atoms with Crippen LogP contribution < -0.4 is 9.47 Å². The van der Waals surface area contributed by atoms with Crippen molar-refractivity contribution in [2.24, 2.45) is 5.92 Å². The van der Waals surface area contributed by atoms with Gasteiger partial charge in [0.25, 0.3) is 0 Å². The van der Waals surface area contributed by atoms with E-state index in [0.717, 1.165) is 10.5 Å². The Hall–Kier alpha value is -2.77. The summed E-state index contributed by atoms with van der Waals surface area (Å²) in [5.74, 6) is -0.354. The number of imide groups is 1. The van der Waals surface area contributed by atoms with Crippen molar-refractivity contribution in [3.8, 4) is 11.5 Å². The van der Waals surface area contributed by atoms with Gasteiger partial charge >= 0.3 is 12.1 Å². The molecule has 8 heteroatoms. The van der Waals surface area contributed by atoms with Gasteiger partial charge in [-0.05, 0) is 51.3 Å². The Bertz CT molecular complexity index is 768. The van der Waals surface area contributed by atoms with E-state index in [1.165, 1.54) is 7.11 Å². The molecule has 2 aliphatic rings. The number of likely N-dealkylation sites (tertiary alicyclic amines) is 1. The van der Waals surface area contributed by atoms with Crippen LogP contribution in [0.25, 0.3) is 0 Å². The number of hydrogen-bond donors (Lipinski definition) is 0. The molecule has 2 atom stereocenters. The number of amides is 2. The van der Waals surface area contributed by atoms with E-state index in [9.17, 15) is 14.4 Å². The van der Waals surface area contributed by atoms with Crippen LogP contribution in [0.3, 0.4) is 0 Å². The molecule has 2 aliphatic heterocycles. The Balaban J connectivity index is 1.79. The molecule has 1 fully saturated rings. The fraction of sp³-hybridized carbons (Fsp3) is 0.526. The number of benzene rings is 1. The van der Waals surface area contributed by atoms with Crippen LogP contribution in [0.1, 0.15) is 32.8 Å². The zero-order valence-electron chi connectivity index (χ0n) is 15.8. The summed E-state index contributed by atoms with van der Waals surface area (Å²) < 4.78 is 20.7. The summed E-state index contributed by atoms with van der Waals surface area (Å²) in [7, 11) is 1.23. The Morgan fingerprint density at radius 1 is 1.22 bits per heavy atom. The summed E-state index contributed by atoms with van der Waals surface area (Å²) in [6, 6.07) is 4.43. The third kappa shape index (κ3) is 3.99. The summed E-state index contributed by atoms with van der Waals surface area (Å²) in [6.45, 7) is 5.26. The van der Waals surface area contributed by atoms with Gasteiger partial charge in [-0.15, -0.1) is 0 Å². The first kappa shape index (κ1) is 19.0. The maximum absolute atomic E-state index is 12.9. The van der Waals surface area contributed by atoms with Crippen LogP contribution in [0.5, 0.6) is 11.5 Å². The zero-order valence-corrected chi connectivity index (χ0v) is 15.8. The Morgan fingerprint density at radius 3 is 2.59 bits per heavy atom. The second-order valence-corrected chi connectivity index (χ2v) is 7.55. The highest BCUT2D eigenvalue weighted by atomic mass is 16.7. The summed E-state index contributed by atoms with van der Waals surface area (Å²) >= 11 is 0. The summed E-state index contributed by atoms with van der Waals surface area (Å²) in [6.07, 6.45) is -0.294. The van der Waals surface area contributed by atoms with E-state index in [1.54, 1.807) is 32.9 Å². The SMILES string of the molecule is COC(=O)[C@@H]1CC(Cc2ccc3c(c2)OCO3)C(=O)N1C(=O)OC(C)(C)C. The molecule has 0 spiro atoms. The first-order valence-corrected chi connectivity index (χ1v) is 8.72. The van der Waals surface area contributed by atoms with E-state index in [4.69, 9.17) is 18.9 Å². The summed E-state index contributed by atoms with van der Waals surface area (Å²) in [5.41, 5.74) is 0.0697. The van der Waals surface area contributed by atoms with Crippen molar-refractivity contribution >= 4 is 18.0 Å². The zero-order chi connectivity index (χ0) is 19.8. The lowest BCUT2D eigenvalue weighted by molar-refractivity contribution is -0.148. The minimum Gasteiger partial charge on any atom is -0.467 e. The highest BCUT2D eigenvalue weighted by Crippen LogP contribution is 2.35. The summed E-state index contributed by atoms with van der Waals surface area (Å²) in [4.78, 5) is 38.4. The van der Waals surface area contributed by atoms with Crippen molar-refractivity contribution in [1.82, 2.24) is 4.90 Å². The quantitative estimate of drug-likeness (QED) is 0.746. The molecule has 1 saturated heterocycles. The average molecular weight is 377 g/mol. The van der Waals surface area contributed by atoms with E-state index in [-0.39, 0.29) is 13.2 Å². The molecule has 3 rings (SSSR count). The van der Waals surface area contributed by atoms with E-state index >= 15 is 0 Å². The fourth-order valence-electron chi connectivity index (χ4n) is 3.22. The lowest BCUT2D eigenvalue weighted by atomic mass is 9.96. The Morgan fingerprint density at radius 2 is 1.93 bits per heavy atom. The minimum atomic E-state index is -0.989. The number of nitrogens with zero attached hydrogens (tertiary/aromatic N) is 1. The normalized spacial score (nSPS) is 21.3. The lowest BCUT2D eigenvalue weighted by Crippen LogP contribution is -2.46. The second kappa shape index (κ2) is 7.09. The van der Waals surface area contributed by atoms with Gasteiger partial charge in [0.2, 0.25) is 12.7 Å². The first-order chi connectivity index (χ1) is 12.7. The molecule has 1 aromatic carbocycles. The number of fused-ring (bicyclic) bond motifs is 1. The van der Waals surface area contributed by atoms with Gasteiger partial charge in [-0.1, -0.05) is 6.07 Å². The smallest absolute Gasteiger partial charge is 0.417 e. The number of ether oxygens (including phenoxy) is 4. The van der Waals surface area contributed by atoms with Crippen molar-refractivity contribution in [3.63, 3.8) is 0 Å². The largest absolute Gasteiger partial charge is 0.467 e. The van der Waals surface area contributed by atoms with Gasteiger partial charge in [0.1, 0.15) is 11.6 Å². The molecule has 1 aromatic rings. The van der Waals surface area contributed by atoms with Gasteiger partial charge in [-0.25, -0.2) is 14.5 Å². The number of rotatable bonds is 3. The third-order valence-electron chi connectivity index (χ3n) is 4.39. The standard InChI is InChI=1S/C19H23NO7/c1-19(2,3)27-18(23)20-13(17(22)24-4)9-12(16(20)21)7-11-5-6-14-15(8-11)26-10-25-14/h5-6,8,12-13H,7,9-10H2,1-4H3/t12?,13-/m0/s1. The van der Waals surface area contributed by atoms with Gasteiger partial charge in [-0.3, -0.25) is 4.79 Å². The molecule has 27 heavy (non-hydrogen) atoms. The van der Waals surface area contributed by atoms with E-state index in [2.05, 4.69) is 0 Å². The molecule has 146 valence electrons. The molecule has 0 bridgehead atoms.